The second-order valence-electron chi connectivity index (χ2n) is 10.6. The number of benzodiazepines with no additional fused rings is 1. The quantitative estimate of drug-likeness (QED) is 0.296. The Kier molecular flexibility index (Phi) is 8.35. The number of anilines is 1. The zero-order valence-corrected chi connectivity index (χ0v) is 23.7. The van der Waals surface area contributed by atoms with E-state index in [-0.39, 0.29) is 18.4 Å². The van der Waals surface area contributed by atoms with Gasteiger partial charge in [0.1, 0.15) is 6.54 Å². The molecule has 42 heavy (non-hydrogen) atoms. The van der Waals surface area contributed by atoms with Crippen LogP contribution in [-0.2, 0) is 16.0 Å². The van der Waals surface area contributed by atoms with E-state index in [1.807, 2.05) is 73.7 Å². The number of nitrogens with one attached hydrogen (secondary N) is 1. The second kappa shape index (κ2) is 12.3. The first-order valence-corrected chi connectivity index (χ1v) is 13.7. The topological polar surface area (TPSA) is 144 Å². The number of aliphatic imine (C=N–C) groups is 1. The summed E-state index contributed by atoms with van der Waals surface area (Å²) in [6.07, 6.45) is -0.835. The van der Waals surface area contributed by atoms with Crippen molar-refractivity contribution in [2.45, 2.75) is 39.4 Å². The molecular weight excluding hydrogens is 532 g/mol. The normalized spacial score (nSPS) is 15.5. The standard InChI is InChI=1S/C32H32N6O4/c1-19(2)27(29(40)31-37-36-26(42-31)17-21-11-9-10-20(3)16-21)34-25(39)18-38-24-15-8-7-14-23(24)28(35-30(33)32(38)41)22-12-5-4-6-13-22/h4-16,19,27,30H,17-18,33H2,1-3H3,(H,34,39). The number of benzene rings is 3. The van der Waals surface area contributed by atoms with Gasteiger partial charge in [0.2, 0.25) is 17.6 Å². The van der Waals surface area contributed by atoms with Crippen molar-refractivity contribution < 1.29 is 18.8 Å². The first-order valence-electron chi connectivity index (χ1n) is 13.7. The molecule has 10 heteroatoms. The maximum atomic E-state index is 13.4. The zero-order chi connectivity index (χ0) is 29.8. The van der Waals surface area contributed by atoms with Crippen molar-refractivity contribution >= 4 is 29.0 Å². The van der Waals surface area contributed by atoms with Gasteiger partial charge >= 0.3 is 0 Å². The fraction of sp³-hybridized carbons (Fsp3) is 0.250. The number of aryl methyl sites for hydroxylation is 1. The predicted octanol–water partition coefficient (Wildman–Crippen LogP) is 3.46. The van der Waals surface area contributed by atoms with E-state index in [0.29, 0.717) is 29.3 Å². The Bertz CT molecular complexity index is 1650. The fourth-order valence-electron chi connectivity index (χ4n) is 4.89. The number of carbonyl (C=O) groups excluding carboxylic acids is 3. The predicted molar refractivity (Wildman–Crippen MR) is 158 cm³/mol. The van der Waals surface area contributed by atoms with Gasteiger partial charge in [0.25, 0.3) is 11.8 Å². The molecule has 5 rings (SSSR count). The number of fused-ring (bicyclic) bond motifs is 1. The van der Waals surface area contributed by atoms with Crippen molar-refractivity contribution in [3.05, 3.63) is 113 Å². The molecule has 1 aliphatic rings. The van der Waals surface area contributed by atoms with Gasteiger partial charge in [-0.25, -0.2) is 0 Å². The minimum Gasteiger partial charge on any atom is -0.418 e. The summed E-state index contributed by atoms with van der Waals surface area (Å²) in [7, 11) is 0. The number of amides is 2. The van der Waals surface area contributed by atoms with Crippen LogP contribution in [0.2, 0.25) is 0 Å². The molecule has 3 N–H and O–H groups in total. The smallest absolute Gasteiger partial charge is 0.286 e. The molecule has 4 aromatic rings. The van der Waals surface area contributed by atoms with Crippen LogP contribution in [0, 0.1) is 12.8 Å². The number of para-hydroxylation sites is 1. The van der Waals surface area contributed by atoms with Gasteiger partial charge in [0.15, 0.2) is 6.17 Å². The van der Waals surface area contributed by atoms with Gasteiger partial charge in [-0.15, -0.1) is 10.2 Å². The van der Waals surface area contributed by atoms with Crippen molar-refractivity contribution in [3.8, 4) is 0 Å². The summed E-state index contributed by atoms with van der Waals surface area (Å²) >= 11 is 0. The average molecular weight is 565 g/mol. The SMILES string of the molecule is Cc1cccc(Cc2nnc(C(=O)C(NC(=O)CN3C(=O)C(N)N=C(c4ccccc4)c4ccccc43)C(C)C)o2)c1. The van der Waals surface area contributed by atoms with E-state index < -0.39 is 29.8 Å². The third-order valence-corrected chi connectivity index (χ3v) is 6.97. The highest BCUT2D eigenvalue weighted by Crippen LogP contribution is 2.27. The van der Waals surface area contributed by atoms with Crippen LogP contribution < -0.4 is 16.0 Å². The van der Waals surface area contributed by atoms with Gasteiger partial charge in [0.05, 0.1) is 23.9 Å². The lowest BCUT2D eigenvalue weighted by Crippen LogP contribution is -2.51. The minimum absolute atomic E-state index is 0.184. The Morgan fingerprint density at radius 2 is 1.74 bits per heavy atom. The number of aromatic nitrogens is 2. The Balaban J connectivity index is 1.34. The van der Waals surface area contributed by atoms with Crippen LogP contribution in [0.25, 0.3) is 0 Å². The summed E-state index contributed by atoms with van der Waals surface area (Å²) in [6, 6.07) is 23.5. The molecule has 1 aliphatic heterocycles. The molecule has 0 saturated carbocycles. The molecular formula is C32H32N6O4. The van der Waals surface area contributed by atoms with Crippen LogP contribution >= 0.6 is 0 Å². The minimum atomic E-state index is -1.21. The van der Waals surface area contributed by atoms with Gasteiger partial charge in [-0.3, -0.25) is 24.3 Å². The highest BCUT2D eigenvalue weighted by atomic mass is 16.4. The number of rotatable bonds is 9. The Morgan fingerprint density at radius 1 is 1.00 bits per heavy atom. The van der Waals surface area contributed by atoms with E-state index in [2.05, 4.69) is 20.5 Å². The molecule has 0 radical (unpaired) electrons. The molecule has 2 atom stereocenters. The molecule has 0 bridgehead atoms. The fourth-order valence-corrected chi connectivity index (χ4v) is 4.89. The average Bonchev–Trinajstić information content (AvgIpc) is 3.42. The van der Waals surface area contributed by atoms with Crippen molar-refractivity contribution in [1.29, 1.82) is 0 Å². The molecule has 1 aromatic heterocycles. The molecule has 2 heterocycles. The molecule has 0 spiro atoms. The van der Waals surface area contributed by atoms with Crippen molar-refractivity contribution in [3.63, 3.8) is 0 Å². The molecule has 10 nitrogen and oxygen atoms in total. The van der Waals surface area contributed by atoms with Crippen LogP contribution in [0.15, 0.2) is 88.3 Å². The second-order valence-corrected chi connectivity index (χ2v) is 10.6. The number of hydrogen-bond donors (Lipinski definition) is 2. The maximum Gasteiger partial charge on any atom is 0.286 e. The summed E-state index contributed by atoms with van der Waals surface area (Å²) in [5.74, 6) is -1.76. The number of carbonyl (C=O) groups is 3. The summed E-state index contributed by atoms with van der Waals surface area (Å²) in [6.45, 7) is 5.23. The highest BCUT2D eigenvalue weighted by Gasteiger charge is 2.34. The van der Waals surface area contributed by atoms with Crippen LogP contribution in [0.5, 0.6) is 0 Å². The monoisotopic (exact) mass is 564 g/mol. The summed E-state index contributed by atoms with van der Waals surface area (Å²) in [5, 5.41) is 10.8. The van der Waals surface area contributed by atoms with E-state index in [1.165, 1.54) is 4.90 Å². The van der Waals surface area contributed by atoms with E-state index in [4.69, 9.17) is 10.2 Å². The van der Waals surface area contributed by atoms with Crippen LogP contribution in [0.4, 0.5) is 5.69 Å². The Hall–Kier alpha value is -4.96. The Morgan fingerprint density at radius 3 is 2.48 bits per heavy atom. The lowest BCUT2D eigenvalue weighted by atomic mass is 9.99. The molecule has 2 amide bonds. The van der Waals surface area contributed by atoms with Crippen molar-refractivity contribution in [2.75, 3.05) is 11.4 Å². The van der Waals surface area contributed by atoms with Crippen LogP contribution in [0.1, 0.15) is 52.7 Å². The molecule has 0 fully saturated rings. The van der Waals surface area contributed by atoms with Gasteiger partial charge in [0, 0.05) is 11.1 Å². The lowest BCUT2D eigenvalue weighted by Gasteiger charge is -2.26. The van der Waals surface area contributed by atoms with Gasteiger partial charge in [-0.1, -0.05) is 92.2 Å². The third-order valence-electron chi connectivity index (χ3n) is 6.97. The van der Waals surface area contributed by atoms with Crippen LogP contribution in [-0.4, -0.2) is 52.3 Å². The number of hydrogen-bond acceptors (Lipinski definition) is 8. The van der Waals surface area contributed by atoms with Gasteiger partial charge in [-0.05, 0) is 24.5 Å². The molecule has 0 saturated heterocycles. The first-order chi connectivity index (χ1) is 20.2. The molecule has 3 aromatic carbocycles. The molecule has 214 valence electrons. The van der Waals surface area contributed by atoms with Gasteiger partial charge in [-0.2, -0.15) is 0 Å². The summed E-state index contributed by atoms with van der Waals surface area (Å²) in [5.41, 5.74) is 10.8. The Labute approximate surface area is 243 Å². The van der Waals surface area contributed by atoms with E-state index in [9.17, 15) is 14.4 Å². The van der Waals surface area contributed by atoms with Crippen molar-refractivity contribution in [1.82, 2.24) is 15.5 Å². The highest BCUT2D eigenvalue weighted by molar-refractivity contribution is 6.20. The summed E-state index contributed by atoms with van der Waals surface area (Å²) < 4.78 is 5.68. The van der Waals surface area contributed by atoms with Crippen molar-refractivity contribution in [2.24, 2.45) is 16.6 Å². The zero-order valence-electron chi connectivity index (χ0n) is 23.7. The number of Topliss-reactive ketones (excluding diaryl/α,β-unsaturated/α-hetero) is 1. The largest absolute Gasteiger partial charge is 0.418 e. The lowest BCUT2D eigenvalue weighted by molar-refractivity contribution is -0.124. The third kappa shape index (κ3) is 6.18. The molecule has 2 unspecified atom stereocenters. The maximum absolute atomic E-state index is 13.4. The van der Waals surface area contributed by atoms with Gasteiger partial charge < -0.3 is 15.5 Å². The van der Waals surface area contributed by atoms with E-state index in [0.717, 1.165) is 16.7 Å². The van der Waals surface area contributed by atoms with E-state index >= 15 is 0 Å². The van der Waals surface area contributed by atoms with E-state index in [1.54, 1.807) is 26.0 Å². The number of nitrogens with zero attached hydrogens (tertiary/aromatic N) is 4. The van der Waals surface area contributed by atoms with Crippen LogP contribution in [0.3, 0.4) is 0 Å². The molecule has 0 aliphatic carbocycles. The number of ketones is 1. The number of nitrogens with two attached hydrogens (primary N) is 1. The first kappa shape index (κ1) is 28.6. The summed E-state index contributed by atoms with van der Waals surface area (Å²) in [4.78, 5) is 45.9.